The van der Waals surface area contributed by atoms with E-state index < -0.39 is 0 Å². The van der Waals surface area contributed by atoms with Crippen LogP contribution < -0.4 is 9.47 Å². The van der Waals surface area contributed by atoms with E-state index in [0.29, 0.717) is 0 Å². The van der Waals surface area contributed by atoms with Crippen LogP contribution in [0.5, 0.6) is 11.5 Å². The Balaban J connectivity index is 1.77. The standard InChI is InChI=1S/C27H26N2O2/c1-20(26-17-28-19-29(26)18-21-9-5-4-6-10-21)27(22-11-7-13-24(15-22)30-2)23-12-8-14-25(16-23)31-3/h4-17,19,27H,1,18H2,2-3H3. The molecule has 0 atom stereocenters. The molecule has 0 aliphatic carbocycles. The average Bonchev–Trinajstić information content (AvgIpc) is 3.28. The zero-order chi connectivity index (χ0) is 21.6. The van der Waals surface area contributed by atoms with Crippen molar-refractivity contribution >= 4 is 5.57 Å². The van der Waals surface area contributed by atoms with Crippen molar-refractivity contribution < 1.29 is 9.47 Å². The molecule has 0 N–H and O–H groups in total. The molecule has 4 rings (SSSR count). The molecule has 0 fully saturated rings. The zero-order valence-electron chi connectivity index (χ0n) is 17.9. The third-order valence-corrected chi connectivity index (χ3v) is 5.44. The second-order valence-electron chi connectivity index (χ2n) is 7.40. The summed E-state index contributed by atoms with van der Waals surface area (Å²) in [6.07, 6.45) is 3.75. The van der Waals surface area contributed by atoms with Gasteiger partial charge in [-0.1, -0.05) is 61.2 Å². The summed E-state index contributed by atoms with van der Waals surface area (Å²) in [5.74, 6) is 1.56. The van der Waals surface area contributed by atoms with Gasteiger partial charge in [0.05, 0.1) is 32.4 Å². The molecule has 0 radical (unpaired) electrons. The molecule has 4 nitrogen and oxygen atoms in total. The summed E-state index contributed by atoms with van der Waals surface area (Å²) in [4.78, 5) is 4.43. The highest BCUT2D eigenvalue weighted by Gasteiger charge is 2.22. The van der Waals surface area contributed by atoms with Gasteiger partial charge in [0.25, 0.3) is 0 Å². The van der Waals surface area contributed by atoms with Gasteiger partial charge in [0.15, 0.2) is 0 Å². The Morgan fingerprint density at radius 3 is 2.06 bits per heavy atom. The fourth-order valence-corrected chi connectivity index (χ4v) is 3.88. The predicted octanol–water partition coefficient (Wildman–Crippen LogP) is 5.79. The molecule has 0 aliphatic rings. The van der Waals surface area contributed by atoms with E-state index in [-0.39, 0.29) is 5.92 Å². The minimum absolute atomic E-state index is 0.0728. The van der Waals surface area contributed by atoms with Crippen LogP contribution in [0.1, 0.15) is 28.3 Å². The molecule has 0 bridgehead atoms. The quantitative estimate of drug-likeness (QED) is 0.369. The zero-order valence-corrected chi connectivity index (χ0v) is 17.9. The molecule has 31 heavy (non-hydrogen) atoms. The third-order valence-electron chi connectivity index (χ3n) is 5.44. The SMILES string of the molecule is C=C(c1cncn1Cc1ccccc1)C(c1cccc(OC)c1)c1cccc(OC)c1. The van der Waals surface area contributed by atoms with Crippen LogP contribution in [0.3, 0.4) is 0 Å². The highest BCUT2D eigenvalue weighted by atomic mass is 16.5. The van der Waals surface area contributed by atoms with Gasteiger partial charge in [-0.15, -0.1) is 0 Å². The smallest absolute Gasteiger partial charge is 0.119 e. The van der Waals surface area contributed by atoms with Gasteiger partial charge < -0.3 is 14.0 Å². The second kappa shape index (κ2) is 9.35. The molecular formula is C27H26N2O2. The number of methoxy groups -OCH3 is 2. The first-order valence-electron chi connectivity index (χ1n) is 10.2. The number of benzene rings is 3. The van der Waals surface area contributed by atoms with E-state index in [4.69, 9.17) is 9.47 Å². The van der Waals surface area contributed by atoms with Crippen LogP contribution in [0.2, 0.25) is 0 Å². The van der Waals surface area contributed by atoms with Crippen LogP contribution in [0, 0.1) is 0 Å². The summed E-state index contributed by atoms with van der Waals surface area (Å²) in [7, 11) is 3.37. The Morgan fingerprint density at radius 1 is 0.871 bits per heavy atom. The third kappa shape index (κ3) is 4.53. The number of allylic oxidation sites excluding steroid dienone is 1. The molecule has 156 valence electrons. The van der Waals surface area contributed by atoms with Gasteiger partial charge in [-0.05, 0) is 46.5 Å². The first kappa shape index (κ1) is 20.5. The maximum absolute atomic E-state index is 5.49. The van der Waals surface area contributed by atoms with E-state index in [0.717, 1.165) is 40.4 Å². The summed E-state index contributed by atoms with van der Waals surface area (Å²) in [5.41, 5.74) is 5.39. The lowest BCUT2D eigenvalue weighted by molar-refractivity contribution is 0.413. The Kier molecular flexibility index (Phi) is 6.18. The first-order chi connectivity index (χ1) is 15.2. The molecule has 1 aromatic heterocycles. The van der Waals surface area contributed by atoms with Crippen LogP contribution >= 0.6 is 0 Å². The normalized spacial score (nSPS) is 10.8. The van der Waals surface area contributed by atoms with Gasteiger partial charge in [0.2, 0.25) is 0 Å². The summed E-state index contributed by atoms with van der Waals surface area (Å²) >= 11 is 0. The van der Waals surface area contributed by atoms with Crippen LogP contribution in [0.15, 0.2) is 98.0 Å². The van der Waals surface area contributed by atoms with Gasteiger partial charge in [-0.25, -0.2) is 4.98 Å². The number of aromatic nitrogens is 2. The van der Waals surface area contributed by atoms with E-state index in [1.165, 1.54) is 5.56 Å². The number of nitrogens with zero attached hydrogens (tertiary/aromatic N) is 2. The molecule has 0 spiro atoms. The largest absolute Gasteiger partial charge is 0.497 e. The maximum Gasteiger partial charge on any atom is 0.119 e. The van der Waals surface area contributed by atoms with Crippen molar-refractivity contribution in [1.29, 1.82) is 0 Å². The van der Waals surface area contributed by atoms with Gasteiger partial charge in [0, 0.05) is 12.5 Å². The van der Waals surface area contributed by atoms with Gasteiger partial charge in [-0.3, -0.25) is 0 Å². The minimum atomic E-state index is -0.0728. The van der Waals surface area contributed by atoms with Crippen molar-refractivity contribution in [2.24, 2.45) is 0 Å². The molecule has 0 saturated heterocycles. The predicted molar refractivity (Wildman–Crippen MR) is 125 cm³/mol. The van der Waals surface area contributed by atoms with E-state index in [1.54, 1.807) is 14.2 Å². The maximum atomic E-state index is 5.49. The number of hydrogen-bond donors (Lipinski definition) is 0. The van der Waals surface area contributed by atoms with Crippen molar-refractivity contribution in [2.75, 3.05) is 14.2 Å². The summed E-state index contributed by atoms with van der Waals surface area (Å²) in [6.45, 7) is 5.26. The Morgan fingerprint density at radius 2 is 1.48 bits per heavy atom. The highest BCUT2D eigenvalue weighted by Crippen LogP contribution is 2.39. The molecular weight excluding hydrogens is 384 g/mol. The number of hydrogen-bond acceptors (Lipinski definition) is 3. The van der Waals surface area contributed by atoms with Crippen molar-refractivity contribution in [1.82, 2.24) is 9.55 Å². The molecule has 3 aromatic carbocycles. The summed E-state index contributed by atoms with van der Waals surface area (Å²) < 4.78 is 13.1. The van der Waals surface area contributed by atoms with Crippen LogP contribution in [-0.2, 0) is 6.54 Å². The molecule has 0 aliphatic heterocycles. The fraction of sp³-hybridized carbons (Fsp3) is 0.148. The number of ether oxygens (including phenoxy) is 2. The van der Waals surface area contributed by atoms with Crippen molar-refractivity contribution in [2.45, 2.75) is 12.5 Å². The minimum Gasteiger partial charge on any atom is -0.497 e. The lowest BCUT2D eigenvalue weighted by atomic mass is 9.84. The summed E-state index contributed by atoms with van der Waals surface area (Å²) in [5, 5.41) is 0. The number of rotatable bonds is 8. The highest BCUT2D eigenvalue weighted by molar-refractivity contribution is 5.72. The average molecular weight is 411 g/mol. The topological polar surface area (TPSA) is 36.3 Å². The molecule has 1 heterocycles. The molecule has 0 saturated carbocycles. The van der Waals surface area contributed by atoms with Crippen LogP contribution in [-0.4, -0.2) is 23.8 Å². The summed E-state index contributed by atoms with van der Waals surface area (Å²) in [6, 6.07) is 26.6. The van der Waals surface area contributed by atoms with E-state index in [2.05, 4.69) is 64.7 Å². The Labute approximate surface area is 183 Å². The van der Waals surface area contributed by atoms with Crippen molar-refractivity contribution in [3.05, 3.63) is 120 Å². The van der Waals surface area contributed by atoms with Gasteiger partial charge in [0.1, 0.15) is 11.5 Å². The molecule has 0 unspecified atom stereocenters. The van der Waals surface area contributed by atoms with Gasteiger partial charge >= 0.3 is 0 Å². The van der Waals surface area contributed by atoms with Crippen LogP contribution in [0.25, 0.3) is 5.57 Å². The van der Waals surface area contributed by atoms with Crippen LogP contribution in [0.4, 0.5) is 0 Å². The first-order valence-corrected chi connectivity index (χ1v) is 10.2. The van der Waals surface area contributed by atoms with Gasteiger partial charge in [-0.2, -0.15) is 0 Å². The van der Waals surface area contributed by atoms with Crippen molar-refractivity contribution in [3.8, 4) is 11.5 Å². The number of imidazole rings is 1. The van der Waals surface area contributed by atoms with Crippen molar-refractivity contribution in [3.63, 3.8) is 0 Å². The lowest BCUT2D eigenvalue weighted by Crippen LogP contribution is -2.09. The Bertz CT molecular complexity index is 1120. The lowest BCUT2D eigenvalue weighted by Gasteiger charge is -2.23. The van der Waals surface area contributed by atoms with E-state index >= 15 is 0 Å². The monoisotopic (exact) mass is 410 g/mol. The van der Waals surface area contributed by atoms with E-state index in [1.807, 2.05) is 42.9 Å². The van der Waals surface area contributed by atoms with E-state index in [9.17, 15) is 0 Å². The fourth-order valence-electron chi connectivity index (χ4n) is 3.88. The molecule has 0 amide bonds. The Hall–Kier alpha value is -3.79. The molecule has 4 heteroatoms. The second-order valence-corrected chi connectivity index (χ2v) is 7.40. The molecule has 4 aromatic rings.